The Labute approximate surface area is 214 Å². The van der Waals surface area contributed by atoms with E-state index in [1.165, 1.54) is 7.11 Å². The first-order valence-corrected chi connectivity index (χ1v) is 13.1. The Morgan fingerprint density at radius 1 is 1.11 bits per heavy atom. The summed E-state index contributed by atoms with van der Waals surface area (Å²) in [7, 11) is 1.75. The van der Waals surface area contributed by atoms with Crippen LogP contribution in [0.1, 0.15) is 47.1 Å². The van der Waals surface area contributed by atoms with E-state index in [4.69, 9.17) is 20.6 Å². The largest absolute Gasteiger partial charge is 0.486 e. The standard InChI is InChI=1S/C29H29NO5S/c1-4-20-8-12-23(13-9-20)34-27-7-5-6-25-26(27)16-17-28(25)35-24-14-10-21(11-15-24)22(18-29(31)33-3)19-36(32)30-2/h1,5-15,22,28,30H,16-19H2,2-3H3. The maximum absolute atomic E-state index is 12.1. The number of esters is 1. The van der Waals surface area contributed by atoms with Gasteiger partial charge in [0.25, 0.3) is 0 Å². The van der Waals surface area contributed by atoms with Crippen molar-refractivity contribution >= 4 is 17.0 Å². The first-order valence-electron chi connectivity index (χ1n) is 11.8. The molecule has 3 atom stereocenters. The number of hydrogen-bond acceptors (Lipinski definition) is 5. The summed E-state index contributed by atoms with van der Waals surface area (Å²) >= 11 is 0. The second kappa shape index (κ2) is 11.9. The van der Waals surface area contributed by atoms with Gasteiger partial charge in [0, 0.05) is 22.8 Å². The van der Waals surface area contributed by atoms with E-state index in [1.54, 1.807) is 7.05 Å². The van der Waals surface area contributed by atoms with Crippen LogP contribution in [-0.2, 0) is 26.9 Å². The molecular formula is C29H29NO5S. The molecule has 0 bridgehead atoms. The quantitative estimate of drug-likeness (QED) is 0.309. The topological polar surface area (TPSA) is 73.9 Å². The van der Waals surface area contributed by atoms with E-state index in [1.807, 2.05) is 60.7 Å². The van der Waals surface area contributed by atoms with Gasteiger partial charge in [0.2, 0.25) is 0 Å². The number of ether oxygens (including phenoxy) is 3. The Kier molecular flexibility index (Phi) is 8.42. The highest BCUT2D eigenvalue weighted by Crippen LogP contribution is 2.41. The molecule has 0 saturated heterocycles. The molecule has 7 heteroatoms. The molecule has 1 aliphatic carbocycles. The molecule has 0 aliphatic heterocycles. The highest BCUT2D eigenvalue weighted by atomic mass is 32.2. The molecule has 0 spiro atoms. The fourth-order valence-corrected chi connectivity index (χ4v) is 5.20. The highest BCUT2D eigenvalue weighted by molar-refractivity contribution is 7.83. The van der Waals surface area contributed by atoms with E-state index < -0.39 is 11.0 Å². The van der Waals surface area contributed by atoms with E-state index in [9.17, 15) is 9.00 Å². The van der Waals surface area contributed by atoms with Gasteiger partial charge in [0.05, 0.1) is 24.5 Å². The van der Waals surface area contributed by atoms with E-state index in [0.717, 1.165) is 52.3 Å². The van der Waals surface area contributed by atoms with Gasteiger partial charge < -0.3 is 14.2 Å². The fraction of sp³-hybridized carbons (Fsp3) is 0.276. The van der Waals surface area contributed by atoms with Crippen LogP contribution in [0.4, 0.5) is 0 Å². The van der Waals surface area contributed by atoms with Gasteiger partial charge in [-0.1, -0.05) is 30.2 Å². The van der Waals surface area contributed by atoms with Crippen LogP contribution in [0.2, 0.25) is 0 Å². The zero-order valence-electron chi connectivity index (χ0n) is 20.4. The number of nitrogens with one attached hydrogen (secondary N) is 1. The minimum absolute atomic E-state index is 0.0825. The SMILES string of the molecule is C#Cc1ccc(Oc2cccc3c2CCC3Oc2ccc(C(CC(=O)OC)CS(=O)NC)cc2)cc1. The second-order valence-electron chi connectivity index (χ2n) is 8.50. The number of hydrogen-bond donors (Lipinski definition) is 1. The highest BCUT2D eigenvalue weighted by Gasteiger charge is 2.27. The Bertz CT molecular complexity index is 1250. The van der Waals surface area contributed by atoms with Gasteiger partial charge in [-0.2, -0.15) is 0 Å². The third-order valence-corrected chi connectivity index (χ3v) is 7.43. The van der Waals surface area contributed by atoms with Crippen molar-refractivity contribution in [1.29, 1.82) is 0 Å². The first kappa shape index (κ1) is 25.5. The average molecular weight is 504 g/mol. The van der Waals surface area contributed by atoms with Crippen molar-refractivity contribution < 1.29 is 23.2 Å². The van der Waals surface area contributed by atoms with Crippen molar-refractivity contribution in [2.24, 2.45) is 0 Å². The van der Waals surface area contributed by atoms with Crippen LogP contribution in [0.25, 0.3) is 0 Å². The van der Waals surface area contributed by atoms with Gasteiger partial charge in [-0.15, -0.1) is 6.42 Å². The van der Waals surface area contributed by atoms with Crippen LogP contribution in [-0.4, -0.2) is 30.1 Å². The van der Waals surface area contributed by atoms with Crippen molar-refractivity contribution in [2.45, 2.75) is 31.3 Å². The predicted octanol–water partition coefficient (Wildman–Crippen LogP) is 5.06. The molecule has 0 saturated carbocycles. The minimum Gasteiger partial charge on any atom is -0.486 e. The van der Waals surface area contributed by atoms with Crippen LogP contribution in [0, 0.1) is 12.3 Å². The Morgan fingerprint density at radius 3 is 2.50 bits per heavy atom. The van der Waals surface area contributed by atoms with Gasteiger partial charge in [0.1, 0.15) is 23.4 Å². The number of terminal acetylenes is 1. The molecule has 6 nitrogen and oxygen atoms in total. The lowest BCUT2D eigenvalue weighted by Crippen LogP contribution is -2.21. The van der Waals surface area contributed by atoms with Crippen LogP contribution in [0.5, 0.6) is 17.2 Å². The monoisotopic (exact) mass is 503 g/mol. The molecule has 3 aromatic rings. The lowest BCUT2D eigenvalue weighted by Gasteiger charge is -2.18. The van der Waals surface area contributed by atoms with E-state index in [-0.39, 0.29) is 24.4 Å². The molecule has 3 unspecified atom stereocenters. The Balaban J connectivity index is 1.46. The summed E-state index contributed by atoms with van der Waals surface area (Å²) in [6, 6.07) is 21.1. The predicted molar refractivity (Wildman–Crippen MR) is 140 cm³/mol. The molecule has 3 aromatic carbocycles. The van der Waals surface area contributed by atoms with Crippen LogP contribution < -0.4 is 14.2 Å². The van der Waals surface area contributed by atoms with Gasteiger partial charge in [0.15, 0.2) is 0 Å². The van der Waals surface area contributed by atoms with Gasteiger partial charge >= 0.3 is 5.97 Å². The van der Waals surface area contributed by atoms with Crippen molar-refractivity contribution in [3.8, 4) is 29.6 Å². The number of carbonyl (C=O) groups excluding carboxylic acids is 1. The van der Waals surface area contributed by atoms with E-state index in [2.05, 4.69) is 16.7 Å². The fourth-order valence-electron chi connectivity index (χ4n) is 4.35. The minimum atomic E-state index is -1.24. The van der Waals surface area contributed by atoms with Crippen LogP contribution in [0.3, 0.4) is 0 Å². The average Bonchev–Trinajstić information content (AvgIpc) is 3.32. The van der Waals surface area contributed by atoms with E-state index in [0.29, 0.717) is 5.75 Å². The summed E-state index contributed by atoms with van der Waals surface area (Å²) in [6.45, 7) is 0. The molecule has 0 heterocycles. The normalized spacial score (nSPS) is 15.9. The summed E-state index contributed by atoms with van der Waals surface area (Å²) in [5.41, 5.74) is 3.99. The molecular weight excluding hydrogens is 474 g/mol. The van der Waals surface area contributed by atoms with Crippen molar-refractivity contribution in [3.63, 3.8) is 0 Å². The lowest BCUT2D eigenvalue weighted by atomic mass is 9.97. The van der Waals surface area contributed by atoms with Gasteiger partial charge in [-0.25, -0.2) is 8.93 Å². The summed E-state index contributed by atoms with van der Waals surface area (Å²) in [4.78, 5) is 11.9. The first-order chi connectivity index (χ1) is 17.5. The summed E-state index contributed by atoms with van der Waals surface area (Å²) in [6.07, 6.45) is 7.22. The molecule has 36 heavy (non-hydrogen) atoms. The molecule has 1 aliphatic rings. The Morgan fingerprint density at radius 2 is 1.83 bits per heavy atom. The number of methoxy groups -OCH3 is 1. The second-order valence-corrected chi connectivity index (χ2v) is 9.94. The molecule has 0 amide bonds. The van der Waals surface area contributed by atoms with Crippen LogP contribution in [0.15, 0.2) is 66.7 Å². The molecule has 4 rings (SSSR count). The van der Waals surface area contributed by atoms with Crippen molar-refractivity contribution in [2.75, 3.05) is 19.9 Å². The molecule has 0 aromatic heterocycles. The maximum atomic E-state index is 12.1. The zero-order chi connectivity index (χ0) is 25.5. The Hall–Kier alpha value is -3.60. The van der Waals surface area contributed by atoms with E-state index >= 15 is 0 Å². The third-order valence-electron chi connectivity index (χ3n) is 6.27. The summed E-state index contributed by atoms with van der Waals surface area (Å²) in [5, 5.41) is 0. The van der Waals surface area contributed by atoms with Crippen molar-refractivity contribution in [3.05, 3.63) is 89.0 Å². The number of carbonyl (C=O) groups is 1. The van der Waals surface area contributed by atoms with Crippen molar-refractivity contribution in [1.82, 2.24) is 4.72 Å². The molecule has 0 radical (unpaired) electrons. The summed E-state index contributed by atoms with van der Waals surface area (Å²) in [5.74, 6) is 4.67. The molecule has 186 valence electrons. The smallest absolute Gasteiger partial charge is 0.306 e. The molecule has 0 fully saturated rings. The maximum Gasteiger partial charge on any atom is 0.306 e. The van der Waals surface area contributed by atoms with Gasteiger partial charge in [-0.05, 0) is 73.5 Å². The third kappa shape index (κ3) is 6.14. The number of fused-ring (bicyclic) bond motifs is 1. The summed E-state index contributed by atoms with van der Waals surface area (Å²) < 4.78 is 32.1. The lowest BCUT2D eigenvalue weighted by molar-refractivity contribution is -0.140. The zero-order valence-corrected chi connectivity index (χ0v) is 21.2. The van der Waals surface area contributed by atoms with Crippen LogP contribution >= 0.6 is 0 Å². The number of benzene rings is 3. The van der Waals surface area contributed by atoms with Gasteiger partial charge in [-0.3, -0.25) is 4.79 Å². The molecule has 1 N–H and O–H groups in total. The number of rotatable bonds is 10.